The summed E-state index contributed by atoms with van der Waals surface area (Å²) in [6, 6.07) is 0.167. The van der Waals surface area contributed by atoms with Crippen LogP contribution in [0.2, 0.25) is 0 Å². The number of phosphoric acid groups is 2. The molecule has 0 bridgehead atoms. The van der Waals surface area contributed by atoms with Crippen molar-refractivity contribution >= 4 is 62.3 Å². The second kappa shape index (κ2) is 16.6. The zero-order valence-electron chi connectivity index (χ0n) is 26.5. The fraction of sp³-hybridized carbons (Fsp3) is 0.692. The molecule has 7 N–H and O–H groups in total. The molecule has 0 aromatic carbocycles. The molecule has 2 aromatic rings. The van der Waals surface area contributed by atoms with Gasteiger partial charge in [0.25, 0.3) is 7.82 Å². The van der Waals surface area contributed by atoms with Gasteiger partial charge in [-0.1, -0.05) is 12.8 Å². The summed E-state index contributed by atoms with van der Waals surface area (Å²) in [5, 5.41) is 29.8. The molecule has 24 heteroatoms. The van der Waals surface area contributed by atoms with Crippen molar-refractivity contribution in [1.82, 2.24) is 35.5 Å². The minimum atomic E-state index is -5.72. The fourth-order valence-corrected chi connectivity index (χ4v) is 9.33. The number of thioether (sulfide) groups is 1. The molecule has 3 amide bonds. The fourth-order valence-electron chi connectivity index (χ4n) is 5.81. The third-order valence-corrected chi connectivity index (χ3v) is 12.3. The van der Waals surface area contributed by atoms with E-state index in [1.165, 1.54) is 10.9 Å². The van der Waals surface area contributed by atoms with Crippen LogP contribution in [0.3, 0.4) is 0 Å². The number of unbranched alkanes of at least 4 members (excludes halogenated alkanes) is 3. The highest BCUT2D eigenvalue weighted by molar-refractivity contribution is 8.00. The van der Waals surface area contributed by atoms with Crippen LogP contribution < -0.4 is 31.5 Å². The summed E-state index contributed by atoms with van der Waals surface area (Å²) in [5.74, 6) is -0.440. The zero-order valence-corrected chi connectivity index (χ0v) is 29.1. The Morgan fingerprint density at radius 1 is 1.08 bits per heavy atom. The van der Waals surface area contributed by atoms with E-state index in [4.69, 9.17) is 10.5 Å². The van der Waals surface area contributed by atoms with E-state index in [1.807, 2.05) is 11.8 Å². The summed E-state index contributed by atoms with van der Waals surface area (Å²) in [6.07, 6.45) is -0.0951. The first-order chi connectivity index (χ1) is 23.7. The molecule has 9 atom stereocenters. The number of nitrogens with one attached hydrogen (secondary N) is 3. The summed E-state index contributed by atoms with van der Waals surface area (Å²) in [6.45, 7) is -0.615. The van der Waals surface area contributed by atoms with Crippen molar-refractivity contribution in [3.8, 4) is 0 Å². The number of aliphatic hydroxyl groups excluding tert-OH is 2. The van der Waals surface area contributed by atoms with E-state index in [0.29, 0.717) is 37.5 Å². The monoisotopic (exact) mass is 764 g/mol. The molecule has 0 aliphatic carbocycles. The average molecular weight is 765 g/mol. The molecule has 3 fully saturated rings. The van der Waals surface area contributed by atoms with E-state index >= 15 is 0 Å². The molecule has 3 saturated heterocycles. The number of phosphoric ester groups is 2. The smallest absolute Gasteiger partial charge is 0.328 e. The topological polar surface area (TPSA) is 315 Å². The van der Waals surface area contributed by atoms with Crippen LogP contribution in [-0.4, -0.2) is 102 Å². The Kier molecular flexibility index (Phi) is 12.7. The van der Waals surface area contributed by atoms with E-state index in [-0.39, 0.29) is 53.8 Å². The first-order valence-electron chi connectivity index (χ1n) is 15.8. The number of aliphatic hydroxyl groups is 2. The molecule has 2 aromatic heterocycles. The van der Waals surface area contributed by atoms with Crippen molar-refractivity contribution in [3.63, 3.8) is 0 Å². The lowest BCUT2D eigenvalue weighted by atomic mass is 10.0. The average Bonchev–Trinajstić information content (AvgIpc) is 3.79. The highest BCUT2D eigenvalue weighted by Gasteiger charge is 2.45. The van der Waals surface area contributed by atoms with Crippen LogP contribution in [0.5, 0.6) is 0 Å². The lowest BCUT2D eigenvalue weighted by molar-refractivity contribution is -0.244. The van der Waals surface area contributed by atoms with Gasteiger partial charge in [0.1, 0.15) is 30.2 Å². The van der Waals surface area contributed by atoms with Gasteiger partial charge in [-0.2, -0.15) is 11.8 Å². The second-order valence-corrected chi connectivity index (χ2v) is 16.0. The standard InChI is InChI=1S/C26H40N8O13P2S/c27-23-20-24(30-12-29-23)34(13-31-20)25-22(38)21(37)15(45-25)10-44-48(40,41)47-49(42,43)46-18(36)8-2-1-5-9-28-17(35)7-4-3-6-16-19-14(11-50-16)32-26(39)33-19/h12-16,19,21-22,25,37-38H,1-11H2,(H,28,35)(H,40,41)(H,42,43)(H2,27,29,30)(H2,32,33,39)/p-2/t14-,15+,16-,19-,21?,22-,25+/m0/s1. The van der Waals surface area contributed by atoms with Crippen molar-refractivity contribution < 1.29 is 61.6 Å². The highest BCUT2D eigenvalue weighted by Crippen LogP contribution is 2.56. The molecule has 0 saturated carbocycles. The highest BCUT2D eigenvalue weighted by atomic mass is 32.2. The van der Waals surface area contributed by atoms with Crippen LogP contribution in [-0.2, 0) is 36.8 Å². The molecule has 278 valence electrons. The minimum Gasteiger partial charge on any atom is -0.756 e. The van der Waals surface area contributed by atoms with Gasteiger partial charge in [0.2, 0.25) is 5.91 Å². The quantitative estimate of drug-likeness (QED) is 0.0599. The SMILES string of the molecule is Nc1ncnc2c1ncn2[C@@H]1O[C@H](COP(=O)([O-])OP(=O)([O-])OC(=O)CCCCCNC(=O)CCCC[C@@H]2SC[C@@H]3NC(=O)N[C@@H]32)C(O)[C@@H]1O. The maximum absolute atomic E-state index is 12.2. The predicted molar refractivity (Wildman–Crippen MR) is 169 cm³/mol. The summed E-state index contributed by atoms with van der Waals surface area (Å²) in [4.78, 5) is 71.7. The van der Waals surface area contributed by atoms with Gasteiger partial charge in [-0.3, -0.25) is 23.3 Å². The second-order valence-electron chi connectivity index (χ2n) is 11.9. The largest absolute Gasteiger partial charge is 0.756 e. The molecule has 50 heavy (non-hydrogen) atoms. The normalized spacial score (nSPS) is 28.4. The lowest BCUT2D eigenvalue weighted by Gasteiger charge is -2.30. The number of urea groups is 1. The summed E-state index contributed by atoms with van der Waals surface area (Å²) >= 11 is 1.82. The molecular weight excluding hydrogens is 726 g/mol. The third-order valence-electron chi connectivity index (χ3n) is 8.27. The van der Waals surface area contributed by atoms with Gasteiger partial charge in [0.15, 0.2) is 17.7 Å². The maximum atomic E-state index is 12.2. The van der Waals surface area contributed by atoms with E-state index < -0.39 is 52.8 Å². The van der Waals surface area contributed by atoms with E-state index in [2.05, 4.69) is 44.3 Å². The van der Waals surface area contributed by atoms with Crippen LogP contribution in [0, 0.1) is 0 Å². The van der Waals surface area contributed by atoms with Gasteiger partial charge < -0.3 is 55.5 Å². The molecule has 5 heterocycles. The molecule has 21 nitrogen and oxygen atoms in total. The number of amides is 3. The van der Waals surface area contributed by atoms with Gasteiger partial charge in [-0.05, 0) is 25.7 Å². The zero-order chi connectivity index (χ0) is 36.1. The number of carbonyl (C=O) groups is 3. The number of carbonyl (C=O) groups excluding carboxylic acids is 3. The van der Waals surface area contributed by atoms with Crippen LogP contribution in [0.15, 0.2) is 12.7 Å². The van der Waals surface area contributed by atoms with E-state index in [0.717, 1.165) is 24.9 Å². The molecule has 0 spiro atoms. The Labute approximate surface area is 289 Å². The number of nitrogen functional groups attached to an aromatic ring is 1. The number of fused-ring (bicyclic) bond motifs is 2. The van der Waals surface area contributed by atoms with Gasteiger partial charge in [0.05, 0.1) is 25.0 Å². The van der Waals surface area contributed by atoms with Gasteiger partial charge in [-0.25, -0.2) is 24.1 Å². The van der Waals surface area contributed by atoms with Crippen LogP contribution in [0.1, 0.15) is 57.6 Å². The number of imidazole rings is 1. The van der Waals surface area contributed by atoms with Crippen LogP contribution in [0.4, 0.5) is 10.6 Å². The van der Waals surface area contributed by atoms with Gasteiger partial charge in [-0.15, -0.1) is 0 Å². The molecule has 3 aliphatic rings. The number of nitrogens with two attached hydrogens (primary N) is 1. The molecule has 3 unspecified atom stereocenters. The first-order valence-corrected chi connectivity index (χ1v) is 19.8. The molecule has 5 rings (SSSR count). The first kappa shape index (κ1) is 38.3. The number of aromatic nitrogens is 4. The molecular formula is C26H38N8O13P2S-2. The Morgan fingerprint density at radius 3 is 2.66 bits per heavy atom. The number of nitrogens with zero attached hydrogens (tertiary/aromatic N) is 4. The van der Waals surface area contributed by atoms with Crippen molar-refractivity contribution in [2.45, 2.75) is 93.2 Å². The van der Waals surface area contributed by atoms with Crippen molar-refractivity contribution in [1.29, 1.82) is 0 Å². The Morgan fingerprint density at radius 2 is 1.86 bits per heavy atom. The van der Waals surface area contributed by atoms with E-state index in [9.17, 15) is 43.5 Å². The number of hydrogen-bond donors (Lipinski definition) is 6. The maximum Gasteiger partial charge on any atom is 0.328 e. The Balaban J connectivity index is 0.930. The van der Waals surface area contributed by atoms with Crippen LogP contribution in [0.25, 0.3) is 11.2 Å². The van der Waals surface area contributed by atoms with Crippen molar-refractivity contribution in [2.75, 3.05) is 24.6 Å². The summed E-state index contributed by atoms with van der Waals surface area (Å²) in [7, 11) is -11.4. The lowest BCUT2D eigenvalue weighted by Crippen LogP contribution is -2.36. The van der Waals surface area contributed by atoms with Crippen molar-refractivity contribution in [3.05, 3.63) is 12.7 Å². The minimum absolute atomic E-state index is 0.0470. The summed E-state index contributed by atoms with van der Waals surface area (Å²) < 4.78 is 43.7. The molecule has 0 radical (unpaired) electrons. The van der Waals surface area contributed by atoms with Crippen molar-refractivity contribution in [2.24, 2.45) is 0 Å². The Hall–Kier alpha value is -2.91. The summed E-state index contributed by atoms with van der Waals surface area (Å²) in [5.41, 5.74) is 6.09. The number of ether oxygens (including phenoxy) is 1. The molecule has 3 aliphatic heterocycles. The van der Waals surface area contributed by atoms with Crippen LogP contribution >= 0.6 is 27.4 Å². The number of rotatable bonds is 18. The van der Waals surface area contributed by atoms with Gasteiger partial charge >= 0.3 is 19.8 Å². The van der Waals surface area contributed by atoms with Gasteiger partial charge in [0, 0.05) is 30.4 Å². The Bertz CT molecular complexity index is 1640. The predicted octanol–water partition coefficient (Wildman–Crippen LogP) is -1.06. The third kappa shape index (κ3) is 9.90. The number of anilines is 1. The number of hydrogen-bond acceptors (Lipinski definition) is 18. The van der Waals surface area contributed by atoms with E-state index in [1.54, 1.807) is 0 Å².